The van der Waals surface area contributed by atoms with Gasteiger partial charge in [0, 0.05) is 23.9 Å². The van der Waals surface area contributed by atoms with Crippen molar-refractivity contribution in [3.8, 4) is 0 Å². The van der Waals surface area contributed by atoms with Crippen LogP contribution in [-0.2, 0) is 16.1 Å². The maximum Gasteiger partial charge on any atom is 0.407 e. The highest BCUT2D eigenvalue weighted by Gasteiger charge is 2.49. The highest BCUT2D eigenvalue weighted by Crippen LogP contribution is 2.20. The molecule has 1 heterocycles. The number of nitrogens with one attached hydrogen (secondary N) is 3. The van der Waals surface area contributed by atoms with Crippen molar-refractivity contribution >= 4 is 30.4 Å². The Bertz CT molecular complexity index is 649. The van der Waals surface area contributed by atoms with Crippen LogP contribution in [0.25, 0.3) is 0 Å². The van der Waals surface area contributed by atoms with E-state index in [1.54, 1.807) is 0 Å². The molecule has 1 aromatic carbocycles. The molecule has 0 radical (unpaired) electrons. The quantitative estimate of drug-likeness (QED) is 0.184. The Morgan fingerprint density at radius 1 is 1.36 bits per heavy atom. The molecule has 2 rings (SSSR count). The number of carboxylic acid groups (broad SMARTS) is 1. The van der Waals surface area contributed by atoms with Gasteiger partial charge in [0.15, 0.2) is 5.66 Å². The molecule has 0 aromatic heterocycles. The Kier molecular flexibility index (Phi) is 6.17. The van der Waals surface area contributed by atoms with E-state index in [0.29, 0.717) is 18.4 Å². The molecule has 0 spiro atoms. The summed E-state index contributed by atoms with van der Waals surface area (Å²) < 4.78 is 5.00. The fourth-order valence-electron chi connectivity index (χ4n) is 2.01. The smallest absolute Gasteiger partial charge is 0.407 e. The number of carbonyl (C=O) groups excluding carboxylic acids is 1. The largest absolute Gasteiger partial charge is 0.479 e. The first-order chi connectivity index (χ1) is 11.8. The lowest BCUT2D eigenvalue weighted by Crippen LogP contribution is -2.33. The van der Waals surface area contributed by atoms with Crippen LogP contribution in [0, 0.1) is 10.1 Å². The van der Waals surface area contributed by atoms with Crippen molar-refractivity contribution in [2.24, 2.45) is 0 Å². The van der Waals surface area contributed by atoms with Gasteiger partial charge >= 0.3 is 12.1 Å². The first-order valence-electron chi connectivity index (χ1n) is 7.42. The fourth-order valence-corrected chi connectivity index (χ4v) is 2.23. The number of hydrogen-bond acceptors (Lipinski definition) is 8. The Morgan fingerprint density at radius 2 is 2.00 bits per heavy atom. The van der Waals surface area contributed by atoms with Crippen LogP contribution in [0.3, 0.4) is 0 Å². The molecule has 1 amide bonds. The second-order valence-corrected chi connectivity index (χ2v) is 6.26. The highest BCUT2D eigenvalue weighted by molar-refractivity contribution is 7.81. The second kappa shape index (κ2) is 8.14. The zero-order valence-corrected chi connectivity index (χ0v) is 14.0. The van der Waals surface area contributed by atoms with E-state index < -0.39 is 22.6 Å². The molecule has 1 aliphatic heterocycles. The van der Waals surface area contributed by atoms with Crippen molar-refractivity contribution in [1.82, 2.24) is 16.2 Å². The van der Waals surface area contributed by atoms with E-state index in [0.717, 1.165) is 0 Å². The van der Waals surface area contributed by atoms with Crippen molar-refractivity contribution in [2.45, 2.75) is 30.4 Å². The monoisotopic (exact) mass is 370 g/mol. The average molecular weight is 370 g/mol. The number of benzene rings is 1. The molecule has 10 nitrogen and oxygen atoms in total. The summed E-state index contributed by atoms with van der Waals surface area (Å²) in [7, 11) is 0. The molecule has 0 saturated carbocycles. The Morgan fingerprint density at radius 3 is 2.52 bits per heavy atom. The number of ether oxygens (including phenoxy) is 1. The zero-order valence-electron chi connectivity index (χ0n) is 13.1. The number of carboxylic acids is 1. The van der Waals surface area contributed by atoms with Crippen LogP contribution in [0.15, 0.2) is 24.3 Å². The predicted octanol–water partition coefficient (Wildman–Crippen LogP) is 0.788. The Balaban J connectivity index is 1.64. The maximum atomic E-state index is 11.6. The van der Waals surface area contributed by atoms with Gasteiger partial charge in [0.05, 0.1) is 4.92 Å². The number of hydrazine groups is 1. The van der Waals surface area contributed by atoms with Crippen LogP contribution in [0.4, 0.5) is 10.5 Å². The molecule has 25 heavy (non-hydrogen) atoms. The van der Waals surface area contributed by atoms with Gasteiger partial charge in [-0.25, -0.2) is 20.4 Å². The molecular formula is C14H18N4O6S. The Hall–Kier alpha value is -2.37. The minimum absolute atomic E-state index is 0.0168. The van der Waals surface area contributed by atoms with Gasteiger partial charge in [-0.3, -0.25) is 10.1 Å². The summed E-state index contributed by atoms with van der Waals surface area (Å²) in [5.74, 6) is -0.983. The third kappa shape index (κ3) is 5.59. The van der Waals surface area contributed by atoms with Gasteiger partial charge in [0.1, 0.15) is 6.61 Å². The molecule has 1 aliphatic rings. The minimum atomic E-state index is -1.09. The first-order valence-corrected chi connectivity index (χ1v) is 7.94. The molecule has 1 saturated heterocycles. The van der Waals surface area contributed by atoms with E-state index in [9.17, 15) is 19.7 Å². The lowest BCUT2D eigenvalue weighted by molar-refractivity contribution is -0.384. The standard InChI is InChI=1S/C14H18N4O6S/c19-12(20)14(16-17-14)6-5-11(25)7-15-13(21)24-8-9-1-3-10(4-2-9)18(22)23/h1-4,11,16-17,25H,5-8H2,(H,15,21)(H,19,20). The van der Waals surface area contributed by atoms with Gasteiger partial charge in [-0.2, -0.15) is 12.6 Å². The van der Waals surface area contributed by atoms with E-state index in [4.69, 9.17) is 9.84 Å². The van der Waals surface area contributed by atoms with Crippen molar-refractivity contribution in [3.63, 3.8) is 0 Å². The minimum Gasteiger partial charge on any atom is -0.479 e. The summed E-state index contributed by atoms with van der Waals surface area (Å²) in [5, 5.41) is 21.8. The first kappa shape index (κ1) is 19.0. The number of aliphatic carboxylic acids is 1. The molecule has 1 aromatic rings. The molecule has 136 valence electrons. The van der Waals surface area contributed by atoms with Gasteiger partial charge in [0.25, 0.3) is 5.69 Å². The SMILES string of the molecule is O=C(NCC(S)CCC1(C(=O)O)NN1)OCc1ccc([N+](=O)[O-])cc1. The van der Waals surface area contributed by atoms with E-state index >= 15 is 0 Å². The summed E-state index contributed by atoms with van der Waals surface area (Å²) in [4.78, 5) is 32.6. The van der Waals surface area contributed by atoms with Gasteiger partial charge in [0.2, 0.25) is 0 Å². The summed E-state index contributed by atoms with van der Waals surface area (Å²) in [6.07, 6.45) is 0.154. The number of rotatable bonds is 9. The number of nitro benzene ring substituents is 1. The van der Waals surface area contributed by atoms with E-state index in [1.165, 1.54) is 24.3 Å². The summed E-state index contributed by atoms with van der Waals surface area (Å²) in [5.41, 5.74) is 4.66. The van der Waals surface area contributed by atoms with Crippen LogP contribution in [0.2, 0.25) is 0 Å². The number of non-ortho nitro benzene ring substituents is 1. The zero-order chi connectivity index (χ0) is 18.4. The average Bonchev–Trinajstić information content (AvgIpc) is 3.38. The van der Waals surface area contributed by atoms with Crippen molar-refractivity contribution in [3.05, 3.63) is 39.9 Å². The normalized spacial score (nSPS) is 15.9. The Labute approximate surface area is 148 Å². The summed E-state index contributed by atoms with van der Waals surface area (Å²) in [6, 6.07) is 5.68. The van der Waals surface area contributed by atoms with Gasteiger partial charge < -0.3 is 15.2 Å². The van der Waals surface area contributed by atoms with E-state index in [1.807, 2.05) is 0 Å². The molecule has 0 aliphatic carbocycles. The van der Waals surface area contributed by atoms with Crippen molar-refractivity contribution in [2.75, 3.05) is 6.54 Å². The van der Waals surface area contributed by atoms with Crippen LogP contribution in [0.1, 0.15) is 18.4 Å². The molecule has 4 N–H and O–H groups in total. The van der Waals surface area contributed by atoms with Crippen LogP contribution in [-0.4, -0.2) is 39.5 Å². The second-order valence-electron chi connectivity index (χ2n) is 5.53. The number of nitro groups is 1. The number of carbonyl (C=O) groups is 2. The van der Waals surface area contributed by atoms with Gasteiger partial charge in [-0.1, -0.05) is 0 Å². The number of nitrogens with zero attached hydrogens (tertiary/aromatic N) is 1. The molecule has 11 heteroatoms. The summed E-state index contributed by atoms with van der Waals surface area (Å²) in [6.45, 7) is 0.203. The predicted molar refractivity (Wildman–Crippen MR) is 89.9 cm³/mol. The van der Waals surface area contributed by atoms with E-state index in [2.05, 4.69) is 28.8 Å². The third-order valence-corrected chi connectivity index (χ3v) is 4.08. The number of amides is 1. The van der Waals surface area contributed by atoms with Crippen molar-refractivity contribution in [1.29, 1.82) is 0 Å². The molecule has 0 bridgehead atoms. The van der Waals surface area contributed by atoms with Crippen LogP contribution < -0.4 is 16.2 Å². The maximum absolute atomic E-state index is 11.6. The van der Waals surface area contributed by atoms with E-state index in [-0.39, 0.29) is 24.1 Å². The summed E-state index contributed by atoms with van der Waals surface area (Å²) >= 11 is 4.30. The van der Waals surface area contributed by atoms with Crippen LogP contribution in [0.5, 0.6) is 0 Å². The number of alkyl carbamates (subject to hydrolysis) is 1. The third-order valence-electron chi connectivity index (χ3n) is 3.64. The van der Waals surface area contributed by atoms with Crippen molar-refractivity contribution < 1.29 is 24.4 Å². The molecule has 1 fully saturated rings. The lowest BCUT2D eigenvalue weighted by Gasteiger charge is -2.13. The number of hydrogen-bond donors (Lipinski definition) is 5. The molecule has 1 unspecified atom stereocenters. The lowest BCUT2D eigenvalue weighted by atomic mass is 10.1. The molecular weight excluding hydrogens is 352 g/mol. The van der Waals surface area contributed by atoms with Gasteiger partial charge in [-0.15, -0.1) is 0 Å². The topological polar surface area (TPSA) is 163 Å². The van der Waals surface area contributed by atoms with Crippen LogP contribution >= 0.6 is 12.6 Å². The van der Waals surface area contributed by atoms with Gasteiger partial charge in [-0.05, 0) is 30.5 Å². The highest BCUT2D eigenvalue weighted by atomic mass is 32.1. The molecule has 1 atom stereocenters. The fraction of sp³-hybridized carbons (Fsp3) is 0.429. The number of thiol groups is 1.